The Labute approximate surface area is 101 Å². The van der Waals surface area contributed by atoms with Crippen LogP contribution < -0.4 is 5.73 Å². The highest BCUT2D eigenvalue weighted by molar-refractivity contribution is 6.00. The van der Waals surface area contributed by atoms with Gasteiger partial charge in [-0.05, 0) is 13.3 Å². The van der Waals surface area contributed by atoms with Crippen molar-refractivity contribution >= 4 is 11.8 Å². The molecule has 92 valence electrons. The Bertz CT molecular complexity index is 398. The number of methoxy groups -OCH3 is 1. The zero-order valence-corrected chi connectivity index (χ0v) is 10.1. The largest absolute Gasteiger partial charge is 0.469 e. The minimum atomic E-state index is -0.656. The molecule has 2 N–H and O–H groups in total. The van der Waals surface area contributed by atoms with Crippen LogP contribution in [0, 0.1) is 6.92 Å². The molecule has 0 aliphatic carbocycles. The molecule has 0 heterocycles. The minimum Gasteiger partial charge on any atom is -0.469 e. The van der Waals surface area contributed by atoms with Crippen LogP contribution in [0.5, 0.6) is 0 Å². The summed E-state index contributed by atoms with van der Waals surface area (Å²) >= 11 is 0. The average molecular weight is 235 g/mol. The Hall–Kier alpha value is -1.68. The smallest absolute Gasteiger partial charge is 0.305 e. The summed E-state index contributed by atoms with van der Waals surface area (Å²) in [6.45, 7) is 1.95. The maximum atomic E-state index is 11.9. The predicted octanol–water partition coefficient (Wildman–Crippen LogP) is 1.46. The molecule has 0 aliphatic heterocycles. The van der Waals surface area contributed by atoms with Crippen molar-refractivity contribution in [2.45, 2.75) is 25.8 Å². The molecule has 0 spiro atoms. The van der Waals surface area contributed by atoms with Crippen LogP contribution in [0.2, 0.25) is 0 Å². The number of Topliss-reactive ketones (excluding diaryl/α,β-unsaturated/α-hetero) is 1. The third-order valence-corrected chi connectivity index (χ3v) is 2.56. The van der Waals surface area contributed by atoms with Gasteiger partial charge in [-0.25, -0.2) is 0 Å². The van der Waals surface area contributed by atoms with E-state index in [1.54, 1.807) is 12.1 Å². The lowest BCUT2D eigenvalue weighted by molar-refractivity contribution is -0.140. The van der Waals surface area contributed by atoms with E-state index < -0.39 is 6.04 Å². The number of esters is 1. The molecule has 1 unspecified atom stereocenters. The molecule has 1 rings (SSSR count). The SMILES string of the molecule is COC(=O)CCC(N)C(=O)c1ccc(C)cc1. The molecular formula is C13H17NO3. The van der Waals surface area contributed by atoms with E-state index in [0.29, 0.717) is 12.0 Å². The lowest BCUT2D eigenvalue weighted by Crippen LogP contribution is -2.31. The van der Waals surface area contributed by atoms with E-state index >= 15 is 0 Å². The lowest BCUT2D eigenvalue weighted by Gasteiger charge is -2.09. The van der Waals surface area contributed by atoms with Crippen LogP contribution in [-0.2, 0) is 9.53 Å². The molecule has 0 bridgehead atoms. The van der Waals surface area contributed by atoms with Crippen molar-refractivity contribution in [3.63, 3.8) is 0 Å². The zero-order chi connectivity index (χ0) is 12.8. The monoisotopic (exact) mass is 235 g/mol. The molecule has 0 aliphatic rings. The molecule has 0 amide bonds. The number of ketones is 1. The van der Waals surface area contributed by atoms with E-state index in [2.05, 4.69) is 4.74 Å². The van der Waals surface area contributed by atoms with Gasteiger partial charge in [0.1, 0.15) is 0 Å². The van der Waals surface area contributed by atoms with Crippen molar-refractivity contribution in [1.82, 2.24) is 0 Å². The van der Waals surface area contributed by atoms with Crippen LogP contribution in [0.4, 0.5) is 0 Å². The third-order valence-electron chi connectivity index (χ3n) is 2.56. The van der Waals surface area contributed by atoms with Gasteiger partial charge in [0.05, 0.1) is 13.2 Å². The van der Waals surface area contributed by atoms with E-state index in [0.717, 1.165) is 5.56 Å². The molecule has 1 aromatic rings. The van der Waals surface area contributed by atoms with Crippen molar-refractivity contribution in [2.75, 3.05) is 7.11 Å². The molecule has 0 saturated heterocycles. The van der Waals surface area contributed by atoms with Gasteiger partial charge < -0.3 is 10.5 Å². The van der Waals surface area contributed by atoms with Crippen LogP contribution in [0.1, 0.15) is 28.8 Å². The van der Waals surface area contributed by atoms with Gasteiger partial charge in [0, 0.05) is 12.0 Å². The summed E-state index contributed by atoms with van der Waals surface area (Å²) in [5.74, 6) is -0.494. The highest BCUT2D eigenvalue weighted by Crippen LogP contribution is 2.08. The van der Waals surface area contributed by atoms with Crippen LogP contribution in [0.15, 0.2) is 24.3 Å². The van der Waals surface area contributed by atoms with Crippen LogP contribution in [0.25, 0.3) is 0 Å². The second-order valence-electron chi connectivity index (χ2n) is 3.95. The molecular weight excluding hydrogens is 218 g/mol. The second-order valence-corrected chi connectivity index (χ2v) is 3.95. The summed E-state index contributed by atoms with van der Waals surface area (Å²) in [6.07, 6.45) is 0.467. The summed E-state index contributed by atoms with van der Waals surface area (Å²) < 4.78 is 4.50. The Kier molecular flexibility index (Phi) is 4.84. The highest BCUT2D eigenvalue weighted by atomic mass is 16.5. The fraction of sp³-hybridized carbons (Fsp3) is 0.385. The topological polar surface area (TPSA) is 69.4 Å². The van der Waals surface area contributed by atoms with Gasteiger partial charge in [-0.15, -0.1) is 0 Å². The minimum absolute atomic E-state index is 0.145. The normalized spacial score (nSPS) is 11.9. The molecule has 4 heteroatoms. The number of nitrogens with two attached hydrogens (primary N) is 1. The van der Waals surface area contributed by atoms with Crippen LogP contribution in [0.3, 0.4) is 0 Å². The van der Waals surface area contributed by atoms with Gasteiger partial charge in [0.2, 0.25) is 0 Å². The number of hydrogen-bond acceptors (Lipinski definition) is 4. The average Bonchev–Trinajstić information content (AvgIpc) is 2.35. The number of hydrogen-bond donors (Lipinski definition) is 1. The summed E-state index contributed by atoms with van der Waals surface area (Å²) in [6, 6.07) is 6.56. The highest BCUT2D eigenvalue weighted by Gasteiger charge is 2.16. The van der Waals surface area contributed by atoms with Crippen molar-refractivity contribution < 1.29 is 14.3 Å². The fourth-order valence-electron chi connectivity index (χ4n) is 1.44. The zero-order valence-electron chi connectivity index (χ0n) is 10.1. The van der Waals surface area contributed by atoms with E-state index in [4.69, 9.17) is 5.73 Å². The van der Waals surface area contributed by atoms with Crippen LogP contribution in [-0.4, -0.2) is 24.9 Å². The van der Waals surface area contributed by atoms with E-state index in [1.807, 2.05) is 19.1 Å². The van der Waals surface area contributed by atoms with Crippen molar-refractivity contribution in [1.29, 1.82) is 0 Å². The van der Waals surface area contributed by atoms with Crippen molar-refractivity contribution in [3.05, 3.63) is 35.4 Å². The fourth-order valence-corrected chi connectivity index (χ4v) is 1.44. The van der Waals surface area contributed by atoms with Gasteiger partial charge in [0.25, 0.3) is 0 Å². The summed E-state index contributed by atoms with van der Waals surface area (Å²) in [5, 5.41) is 0. The third kappa shape index (κ3) is 4.00. The number of carbonyl (C=O) groups excluding carboxylic acids is 2. The number of benzene rings is 1. The lowest BCUT2D eigenvalue weighted by atomic mass is 10.0. The van der Waals surface area contributed by atoms with Gasteiger partial charge >= 0.3 is 5.97 Å². The number of ether oxygens (including phenoxy) is 1. The van der Waals surface area contributed by atoms with Crippen LogP contribution >= 0.6 is 0 Å². The Morgan fingerprint density at radius 1 is 1.29 bits per heavy atom. The molecule has 17 heavy (non-hydrogen) atoms. The first-order chi connectivity index (χ1) is 8.04. The number of rotatable bonds is 5. The first-order valence-electron chi connectivity index (χ1n) is 5.48. The molecule has 1 aromatic carbocycles. The van der Waals surface area contributed by atoms with Gasteiger partial charge in [-0.2, -0.15) is 0 Å². The first-order valence-corrected chi connectivity index (χ1v) is 5.48. The number of carbonyl (C=O) groups is 2. The summed E-state index contributed by atoms with van der Waals surface area (Å²) in [5.41, 5.74) is 7.40. The summed E-state index contributed by atoms with van der Waals surface area (Å²) in [7, 11) is 1.32. The van der Waals surface area contributed by atoms with Crippen molar-refractivity contribution in [2.24, 2.45) is 5.73 Å². The predicted molar refractivity (Wildman–Crippen MR) is 64.7 cm³/mol. The number of aryl methyl sites for hydroxylation is 1. The quantitative estimate of drug-likeness (QED) is 0.619. The van der Waals surface area contributed by atoms with Crippen molar-refractivity contribution in [3.8, 4) is 0 Å². The molecule has 0 saturated carbocycles. The second kappa shape index (κ2) is 6.15. The molecule has 0 fully saturated rings. The molecule has 0 radical (unpaired) electrons. The Morgan fingerprint density at radius 2 is 1.88 bits per heavy atom. The summed E-state index contributed by atoms with van der Waals surface area (Å²) in [4.78, 5) is 22.8. The molecule has 1 atom stereocenters. The Balaban J connectivity index is 2.57. The van der Waals surface area contributed by atoms with E-state index in [-0.39, 0.29) is 18.2 Å². The standard InChI is InChI=1S/C13H17NO3/c1-9-3-5-10(6-4-9)13(16)11(14)7-8-12(15)17-2/h3-6,11H,7-8,14H2,1-2H3. The van der Waals surface area contributed by atoms with Gasteiger partial charge in [0.15, 0.2) is 5.78 Å². The molecule has 4 nitrogen and oxygen atoms in total. The Morgan fingerprint density at radius 3 is 2.41 bits per heavy atom. The van der Waals surface area contributed by atoms with E-state index in [1.165, 1.54) is 7.11 Å². The first kappa shape index (κ1) is 13.4. The van der Waals surface area contributed by atoms with Gasteiger partial charge in [-0.3, -0.25) is 9.59 Å². The maximum absolute atomic E-state index is 11.9. The maximum Gasteiger partial charge on any atom is 0.305 e. The molecule has 0 aromatic heterocycles. The van der Waals surface area contributed by atoms with Gasteiger partial charge in [-0.1, -0.05) is 29.8 Å². The van der Waals surface area contributed by atoms with E-state index in [9.17, 15) is 9.59 Å².